The summed E-state index contributed by atoms with van der Waals surface area (Å²) in [5.41, 5.74) is 0. The van der Waals surface area contributed by atoms with Crippen LogP contribution in [0.1, 0.15) is 0 Å². The van der Waals surface area contributed by atoms with E-state index in [-0.39, 0.29) is 37.7 Å². The van der Waals surface area contributed by atoms with Gasteiger partial charge in [-0.15, -0.1) is 0 Å². The molecule has 2 heterocycles. The molecular weight excluding hydrogens is 222 g/mol. The zero-order valence-electron chi connectivity index (χ0n) is 5.13. The zero-order chi connectivity index (χ0) is 7.40. The topological polar surface area (TPSA) is 83.0 Å². The average Bonchev–Trinajstić information content (AvgIpc) is 1.80. The van der Waals surface area contributed by atoms with Gasteiger partial charge in [-0.05, 0) is 0 Å². The minimum Gasteiger partial charge on any atom is -0.830 e. The molecule has 56 valence electrons. The molecule has 2 aliphatic heterocycles. The maximum absolute atomic E-state index is 9.52. The molecule has 0 N–H and O–H groups in total. The maximum atomic E-state index is 9.52. The van der Waals surface area contributed by atoms with Crippen LogP contribution in [0.2, 0.25) is 0 Å². The third-order valence-electron chi connectivity index (χ3n) is 0.471. The normalized spacial score (nSPS) is 20.2. The number of hydrogen-bond donors (Lipinski definition) is 0. The first kappa shape index (κ1) is 12.8. The second-order valence-corrected chi connectivity index (χ2v) is 2.14. The van der Waals surface area contributed by atoms with Gasteiger partial charge in [0.15, 0.2) is 0 Å². The van der Waals surface area contributed by atoms with Crippen molar-refractivity contribution in [3.63, 3.8) is 0 Å². The molecule has 2 rings (SSSR count). The van der Waals surface area contributed by atoms with Gasteiger partial charge in [-0.25, -0.2) is 0 Å². The first-order chi connectivity index (χ1) is 4.79. The Morgan fingerprint density at radius 3 is 1.00 bits per heavy atom. The summed E-state index contributed by atoms with van der Waals surface area (Å²) in [6, 6.07) is 0. The molecule has 0 aromatic heterocycles. The van der Waals surface area contributed by atoms with Crippen molar-refractivity contribution in [2.45, 2.75) is 0 Å². The van der Waals surface area contributed by atoms with Crippen LogP contribution >= 0.6 is 24.6 Å². The van der Waals surface area contributed by atoms with Gasteiger partial charge in [0.1, 0.15) is 24.6 Å². The Hall–Kier alpha value is 1.85. The molecule has 0 aromatic carbocycles. The monoisotopic (exact) mass is 222 g/mol. The Morgan fingerprint density at radius 1 is 0.818 bits per heavy atom. The van der Waals surface area contributed by atoms with E-state index in [9.17, 15) is 10.0 Å². The summed E-state index contributed by atoms with van der Waals surface area (Å²) in [6.07, 6.45) is 0. The van der Waals surface area contributed by atoms with E-state index >= 15 is 0 Å². The number of hydrogen-bond acceptors (Lipinski definition) is 8. The van der Waals surface area contributed by atoms with E-state index in [0.717, 1.165) is 24.6 Å². The fourth-order valence-corrected chi connectivity index (χ4v) is 0.428. The molecule has 0 unspecified atom stereocenters. The first-order valence-corrected chi connectivity index (χ1v) is 3.41. The van der Waals surface area contributed by atoms with Crippen molar-refractivity contribution in [2.75, 3.05) is 0 Å². The van der Waals surface area contributed by atoms with Gasteiger partial charge in [-0.1, -0.05) is 0 Å². The summed E-state index contributed by atoms with van der Waals surface area (Å²) in [4.78, 5) is 0. The predicted octanol–water partition coefficient (Wildman–Crippen LogP) is -2.50. The average molecular weight is 222 g/mol. The largest absolute Gasteiger partial charge is 2.00 e. The first-order valence-electron chi connectivity index (χ1n) is 2.08. The van der Waals surface area contributed by atoms with Crippen molar-refractivity contribution in [1.29, 1.82) is 0 Å². The molecule has 11 heavy (non-hydrogen) atoms. The van der Waals surface area contributed by atoms with Gasteiger partial charge in [0.05, 0.1) is 0 Å². The molecule has 0 spiro atoms. The summed E-state index contributed by atoms with van der Waals surface area (Å²) in [5, 5.41) is 19.0. The molecule has 6 nitrogen and oxygen atoms in total. The smallest absolute Gasteiger partial charge is 0.830 e. The Labute approximate surface area is 102 Å². The van der Waals surface area contributed by atoms with E-state index in [0.29, 0.717) is 0 Å². The van der Waals surface area contributed by atoms with Crippen LogP contribution in [0, 0.1) is 0 Å². The second-order valence-electron chi connectivity index (χ2n) is 1.10. The molecule has 0 aromatic rings. The fourth-order valence-electron chi connectivity index (χ4n) is 0.143. The van der Waals surface area contributed by atoms with Crippen LogP contribution in [0.25, 0.3) is 0 Å². The van der Waals surface area contributed by atoms with Crippen LogP contribution in [0.15, 0.2) is 0 Å². The van der Waals surface area contributed by atoms with Crippen molar-refractivity contribution >= 4 is 77.0 Å². The van der Waals surface area contributed by atoms with Crippen LogP contribution in [-0.4, -0.2) is 52.4 Å². The quantitative estimate of drug-likeness (QED) is 0.328. The molecule has 0 bridgehead atoms. The van der Waals surface area contributed by atoms with E-state index in [1.54, 1.807) is 0 Å². The van der Waals surface area contributed by atoms with Crippen molar-refractivity contribution in [3.8, 4) is 0 Å². The molecule has 2 aliphatic rings. The fraction of sp³-hybridized carbons (Fsp3) is 0. The summed E-state index contributed by atoms with van der Waals surface area (Å²) in [7, 11) is -2.44. The summed E-state index contributed by atoms with van der Waals surface area (Å²) in [5.74, 6) is 0. The minimum atomic E-state index is -1.22. The van der Waals surface area contributed by atoms with Gasteiger partial charge < -0.3 is 26.5 Å². The van der Waals surface area contributed by atoms with Crippen molar-refractivity contribution in [1.82, 2.24) is 0 Å². The van der Waals surface area contributed by atoms with E-state index in [4.69, 9.17) is 0 Å². The van der Waals surface area contributed by atoms with Crippen LogP contribution in [0.4, 0.5) is 0 Å². The zero-order valence-corrected chi connectivity index (χ0v) is 8.97. The van der Waals surface area contributed by atoms with Gasteiger partial charge in [-0.3, -0.25) is 0 Å². The van der Waals surface area contributed by atoms with E-state index < -0.39 is 14.6 Å². The van der Waals surface area contributed by atoms with Crippen LogP contribution in [0.5, 0.6) is 0 Å². The molecule has 0 radical (unpaired) electrons. The molecule has 0 aliphatic carbocycles. The third-order valence-corrected chi connectivity index (χ3v) is 1.41. The Morgan fingerprint density at radius 2 is 1.00 bits per heavy atom. The molecule has 2 fully saturated rings. The van der Waals surface area contributed by atoms with Crippen molar-refractivity contribution < 1.29 is 26.5 Å². The van der Waals surface area contributed by atoms with Gasteiger partial charge in [0.25, 0.3) is 0 Å². The number of rotatable bonds is 0. The standard InChI is InChI=1S/2BO3S.Ca/c2*2-1-3-5-4-1;/q2*-1;+2. The van der Waals surface area contributed by atoms with Crippen molar-refractivity contribution in [3.05, 3.63) is 0 Å². The summed E-state index contributed by atoms with van der Waals surface area (Å²) < 4.78 is 16.3. The Bertz CT molecular complexity index is 84.6. The van der Waals surface area contributed by atoms with Crippen LogP contribution in [-0.2, 0) is 16.4 Å². The SMILES string of the molecule is [Ca+2].[O-]B1OSO1.[O-]B1OSO1. The van der Waals surface area contributed by atoms with Gasteiger partial charge in [0.2, 0.25) is 0 Å². The van der Waals surface area contributed by atoms with E-state index in [2.05, 4.69) is 16.4 Å². The van der Waals surface area contributed by atoms with Gasteiger partial charge in [-0.2, -0.15) is 0 Å². The molecule has 2 saturated heterocycles. The molecule has 0 atom stereocenters. The Balaban J connectivity index is 0.000000167. The van der Waals surface area contributed by atoms with E-state index in [1.807, 2.05) is 0 Å². The van der Waals surface area contributed by atoms with E-state index in [1.165, 1.54) is 0 Å². The Kier molecular flexibility index (Phi) is 8.49. The van der Waals surface area contributed by atoms with Crippen LogP contribution < -0.4 is 10.0 Å². The molecule has 0 saturated carbocycles. The second kappa shape index (κ2) is 7.27. The maximum Gasteiger partial charge on any atom is 2.00 e. The molecule has 11 heteroatoms. The minimum absolute atomic E-state index is 0. The predicted molar refractivity (Wildman–Crippen MR) is 36.8 cm³/mol. The van der Waals surface area contributed by atoms with Crippen LogP contribution in [0.3, 0.4) is 0 Å². The van der Waals surface area contributed by atoms with Gasteiger partial charge in [0, 0.05) is 0 Å². The summed E-state index contributed by atoms with van der Waals surface area (Å²) >= 11 is 1.47. The molecular formula is B2CaO6S2. The van der Waals surface area contributed by atoms with Gasteiger partial charge >= 0.3 is 52.4 Å². The van der Waals surface area contributed by atoms with Crippen molar-refractivity contribution in [2.24, 2.45) is 0 Å². The summed E-state index contributed by atoms with van der Waals surface area (Å²) in [6.45, 7) is 0. The molecule has 0 amide bonds. The third kappa shape index (κ3) is 5.99.